The molecule has 4 nitrogen and oxygen atoms in total. The van der Waals surface area contributed by atoms with Gasteiger partial charge in [-0.05, 0) is 12.1 Å². The number of nitrogens with two attached hydrogens (primary N) is 2. The average molecular weight is 177 g/mol. The van der Waals surface area contributed by atoms with E-state index in [-0.39, 0.29) is 6.54 Å². The van der Waals surface area contributed by atoms with E-state index in [1.807, 2.05) is 6.07 Å². The maximum absolute atomic E-state index is 8.74. The fourth-order valence-electron chi connectivity index (χ4n) is 1.15. The molecule has 0 spiro atoms. The molecule has 0 saturated heterocycles. The van der Waals surface area contributed by atoms with E-state index in [0.29, 0.717) is 22.6 Å². The predicted octanol–water partition coefficient (Wildman–Crippen LogP) is 0.608. The van der Waals surface area contributed by atoms with E-state index in [1.165, 1.54) is 7.11 Å². The fourth-order valence-corrected chi connectivity index (χ4v) is 1.15. The molecular formula is C9H11N3O. The standard InChI is InChI=1S/C9H11N3O/c1-13-8-3-2-6(4-10)7(5-11)9(8)12/h2-3H,5,11-12H2,1H3. The molecule has 0 bridgehead atoms. The molecule has 13 heavy (non-hydrogen) atoms. The Morgan fingerprint density at radius 1 is 1.54 bits per heavy atom. The summed E-state index contributed by atoms with van der Waals surface area (Å²) >= 11 is 0. The summed E-state index contributed by atoms with van der Waals surface area (Å²) in [6.45, 7) is 0.242. The van der Waals surface area contributed by atoms with Crippen LogP contribution in [0.15, 0.2) is 12.1 Å². The van der Waals surface area contributed by atoms with Crippen molar-refractivity contribution in [3.05, 3.63) is 23.3 Å². The highest BCUT2D eigenvalue weighted by molar-refractivity contribution is 5.63. The van der Waals surface area contributed by atoms with E-state index in [4.69, 9.17) is 21.5 Å². The number of nitrogens with zero attached hydrogens (tertiary/aromatic N) is 1. The summed E-state index contributed by atoms with van der Waals surface area (Å²) in [5, 5.41) is 8.74. The molecule has 0 aromatic heterocycles. The molecule has 0 aliphatic heterocycles. The molecule has 0 fully saturated rings. The van der Waals surface area contributed by atoms with Gasteiger partial charge in [-0.25, -0.2) is 0 Å². The normalized spacial score (nSPS) is 9.31. The van der Waals surface area contributed by atoms with E-state index < -0.39 is 0 Å². The van der Waals surface area contributed by atoms with Crippen molar-refractivity contribution in [2.24, 2.45) is 5.73 Å². The van der Waals surface area contributed by atoms with Gasteiger partial charge in [-0.3, -0.25) is 0 Å². The first kappa shape index (κ1) is 9.36. The molecular weight excluding hydrogens is 166 g/mol. The Labute approximate surface area is 76.7 Å². The number of nitriles is 1. The van der Waals surface area contributed by atoms with Crippen LogP contribution in [0.1, 0.15) is 11.1 Å². The van der Waals surface area contributed by atoms with E-state index in [0.717, 1.165) is 0 Å². The lowest BCUT2D eigenvalue weighted by atomic mass is 10.1. The van der Waals surface area contributed by atoms with Crippen LogP contribution >= 0.6 is 0 Å². The summed E-state index contributed by atoms with van der Waals surface area (Å²) in [6.07, 6.45) is 0. The Hall–Kier alpha value is -1.73. The third-order valence-corrected chi connectivity index (χ3v) is 1.86. The second-order valence-corrected chi connectivity index (χ2v) is 2.52. The number of hydrogen-bond donors (Lipinski definition) is 2. The van der Waals surface area contributed by atoms with Crippen molar-refractivity contribution in [3.63, 3.8) is 0 Å². The van der Waals surface area contributed by atoms with Crippen LogP contribution in [0.2, 0.25) is 0 Å². The number of methoxy groups -OCH3 is 1. The van der Waals surface area contributed by atoms with Crippen LogP contribution in [0.25, 0.3) is 0 Å². The summed E-state index contributed by atoms with van der Waals surface area (Å²) in [5.74, 6) is 0.555. The Kier molecular flexibility index (Phi) is 2.72. The smallest absolute Gasteiger partial charge is 0.142 e. The van der Waals surface area contributed by atoms with Gasteiger partial charge in [0.05, 0.1) is 24.4 Å². The van der Waals surface area contributed by atoms with Gasteiger partial charge in [0, 0.05) is 12.1 Å². The minimum atomic E-state index is 0.242. The first-order valence-electron chi connectivity index (χ1n) is 3.80. The van der Waals surface area contributed by atoms with Crippen molar-refractivity contribution < 1.29 is 4.74 Å². The average Bonchev–Trinajstić information content (AvgIpc) is 2.17. The van der Waals surface area contributed by atoms with E-state index in [9.17, 15) is 0 Å². The number of rotatable bonds is 2. The Morgan fingerprint density at radius 2 is 2.23 bits per heavy atom. The zero-order chi connectivity index (χ0) is 9.84. The van der Waals surface area contributed by atoms with Gasteiger partial charge in [0.25, 0.3) is 0 Å². The molecule has 0 aliphatic carbocycles. The zero-order valence-corrected chi connectivity index (χ0v) is 7.37. The zero-order valence-electron chi connectivity index (χ0n) is 7.37. The molecule has 0 radical (unpaired) electrons. The minimum Gasteiger partial charge on any atom is -0.495 e. The molecule has 0 atom stereocenters. The summed E-state index contributed by atoms with van der Waals surface area (Å²) in [6, 6.07) is 5.33. The first-order chi connectivity index (χ1) is 6.24. The molecule has 1 aromatic rings. The van der Waals surface area contributed by atoms with Gasteiger partial charge >= 0.3 is 0 Å². The van der Waals surface area contributed by atoms with Crippen molar-refractivity contribution >= 4 is 5.69 Å². The number of benzene rings is 1. The SMILES string of the molecule is COc1ccc(C#N)c(CN)c1N. The molecule has 4 heteroatoms. The van der Waals surface area contributed by atoms with Crippen LogP contribution in [0.5, 0.6) is 5.75 Å². The third kappa shape index (κ3) is 1.55. The lowest BCUT2D eigenvalue weighted by Crippen LogP contribution is -2.05. The van der Waals surface area contributed by atoms with E-state index >= 15 is 0 Å². The largest absolute Gasteiger partial charge is 0.495 e. The number of nitrogen functional groups attached to an aromatic ring is 1. The lowest BCUT2D eigenvalue weighted by molar-refractivity contribution is 0.416. The predicted molar refractivity (Wildman–Crippen MR) is 50.0 cm³/mol. The third-order valence-electron chi connectivity index (χ3n) is 1.86. The number of ether oxygens (including phenoxy) is 1. The van der Waals surface area contributed by atoms with Gasteiger partial charge in [0.15, 0.2) is 0 Å². The van der Waals surface area contributed by atoms with E-state index in [1.54, 1.807) is 12.1 Å². The number of hydrogen-bond acceptors (Lipinski definition) is 4. The summed E-state index contributed by atoms with van der Waals surface area (Å²) in [7, 11) is 1.53. The van der Waals surface area contributed by atoms with Gasteiger partial charge in [0.2, 0.25) is 0 Å². The molecule has 0 amide bonds. The van der Waals surface area contributed by atoms with Crippen molar-refractivity contribution in [1.29, 1.82) is 5.26 Å². The maximum atomic E-state index is 8.74. The lowest BCUT2D eigenvalue weighted by Gasteiger charge is -2.09. The Balaban J connectivity index is 3.34. The Morgan fingerprint density at radius 3 is 2.69 bits per heavy atom. The van der Waals surface area contributed by atoms with Gasteiger partial charge in [-0.2, -0.15) is 5.26 Å². The maximum Gasteiger partial charge on any atom is 0.142 e. The Bertz CT molecular complexity index is 355. The second-order valence-electron chi connectivity index (χ2n) is 2.52. The topological polar surface area (TPSA) is 85.1 Å². The van der Waals surface area contributed by atoms with Crippen molar-refractivity contribution in [2.75, 3.05) is 12.8 Å². The van der Waals surface area contributed by atoms with Crippen LogP contribution in [-0.4, -0.2) is 7.11 Å². The quantitative estimate of drug-likeness (QED) is 0.648. The minimum absolute atomic E-state index is 0.242. The second kappa shape index (κ2) is 3.78. The van der Waals surface area contributed by atoms with Crippen molar-refractivity contribution in [2.45, 2.75) is 6.54 Å². The monoisotopic (exact) mass is 177 g/mol. The molecule has 1 aromatic carbocycles. The summed E-state index contributed by atoms with van der Waals surface area (Å²) in [4.78, 5) is 0. The number of anilines is 1. The summed E-state index contributed by atoms with van der Waals surface area (Å²) < 4.78 is 5.00. The van der Waals surface area contributed by atoms with Crippen LogP contribution in [0.3, 0.4) is 0 Å². The molecule has 0 unspecified atom stereocenters. The molecule has 0 heterocycles. The van der Waals surface area contributed by atoms with Crippen LogP contribution in [0.4, 0.5) is 5.69 Å². The van der Waals surface area contributed by atoms with Gasteiger partial charge in [0.1, 0.15) is 5.75 Å². The van der Waals surface area contributed by atoms with Crippen LogP contribution in [0, 0.1) is 11.3 Å². The van der Waals surface area contributed by atoms with Crippen molar-refractivity contribution in [3.8, 4) is 11.8 Å². The highest BCUT2D eigenvalue weighted by Crippen LogP contribution is 2.27. The van der Waals surface area contributed by atoms with Crippen molar-refractivity contribution in [1.82, 2.24) is 0 Å². The molecule has 0 saturated carbocycles. The highest BCUT2D eigenvalue weighted by atomic mass is 16.5. The van der Waals surface area contributed by atoms with Crippen LogP contribution in [-0.2, 0) is 6.54 Å². The fraction of sp³-hybridized carbons (Fsp3) is 0.222. The van der Waals surface area contributed by atoms with Crippen LogP contribution < -0.4 is 16.2 Å². The molecule has 68 valence electrons. The molecule has 1 rings (SSSR count). The van der Waals surface area contributed by atoms with Gasteiger partial charge in [-0.1, -0.05) is 0 Å². The highest BCUT2D eigenvalue weighted by Gasteiger charge is 2.08. The van der Waals surface area contributed by atoms with Gasteiger partial charge < -0.3 is 16.2 Å². The first-order valence-corrected chi connectivity index (χ1v) is 3.80. The van der Waals surface area contributed by atoms with Gasteiger partial charge in [-0.15, -0.1) is 0 Å². The molecule has 0 aliphatic rings. The summed E-state index contributed by atoms with van der Waals surface area (Å²) in [5.41, 5.74) is 12.8. The molecule has 4 N–H and O–H groups in total. The van der Waals surface area contributed by atoms with E-state index in [2.05, 4.69) is 0 Å².